The number of guanidine groups is 1. The van der Waals surface area contributed by atoms with Crippen molar-refractivity contribution >= 4 is 34.5 Å². The number of rotatable bonds is 11. The molecule has 1 saturated heterocycles. The van der Waals surface area contributed by atoms with Crippen LogP contribution in [0.25, 0.3) is 39.5 Å². The van der Waals surface area contributed by atoms with Gasteiger partial charge in [-0.15, -0.1) is 0 Å². The fourth-order valence-electron chi connectivity index (χ4n) is 13.4. The van der Waals surface area contributed by atoms with Crippen LogP contribution >= 0.6 is 0 Å². The number of aliphatic imine (C=N–C) groups is 1. The van der Waals surface area contributed by atoms with Gasteiger partial charge < -0.3 is 60.6 Å². The molecule has 2 aliphatic carbocycles. The number of phenolic OH excluding ortho intramolecular Hbond substituents is 1. The number of benzene rings is 5. The molecule has 2 saturated carbocycles. The quantitative estimate of drug-likeness (QED) is 0.0476. The van der Waals surface area contributed by atoms with Gasteiger partial charge in [-0.25, -0.2) is 4.99 Å². The van der Waals surface area contributed by atoms with Crippen LogP contribution < -0.4 is 41.3 Å². The second-order valence-corrected chi connectivity index (χ2v) is 22.4. The van der Waals surface area contributed by atoms with Crippen LogP contribution in [-0.4, -0.2) is 85.0 Å². The number of aromatic amines is 1. The first-order valence-corrected chi connectivity index (χ1v) is 28.3. The fraction of sp³-hybridized carbons (Fsp3) is 0.385. The Morgan fingerprint density at radius 2 is 1.76 bits per heavy atom. The first kappa shape index (κ1) is 53.5. The second kappa shape index (κ2) is 23.1. The smallest absolute Gasteiger partial charge is 0.204 e. The highest BCUT2D eigenvalue weighted by Gasteiger charge is 2.55. The van der Waals surface area contributed by atoms with E-state index in [1.165, 1.54) is 50.8 Å². The number of hydrogen-bond donors (Lipinski definition) is 7. The Bertz CT molecular complexity index is 3410. The van der Waals surface area contributed by atoms with Crippen molar-refractivity contribution in [1.29, 1.82) is 0 Å². The minimum Gasteiger partial charge on any atom is -0.508 e. The highest BCUT2D eigenvalue weighted by molar-refractivity contribution is 5.93. The van der Waals surface area contributed by atoms with Gasteiger partial charge in [0.15, 0.2) is 22.9 Å². The summed E-state index contributed by atoms with van der Waals surface area (Å²) in [6.45, 7) is 4.50. The molecule has 79 heavy (non-hydrogen) atoms. The maximum Gasteiger partial charge on any atom is 0.204 e. The number of aliphatic hydroxyl groups is 2. The molecule has 3 fully saturated rings. The zero-order chi connectivity index (χ0) is 54.7. The zero-order valence-electron chi connectivity index (χ0n) is 45.4. The van der Waals surface area contributed by atoms with E-state index in [9.17, 15) is 20.1 Å². The molecule has 2 spiro atoms. The van der Waals surface area contributed by atoms with Crippen molar-refractivity contribution in [3.63, 3.8) is 0 Å². The third-order valence-electron chi connectivity index (χ3n) is 17.4. The van der Waals surface area contributed by atoms with Crippen LogP contribution in [0.15, 0.2) is 129 Å². The molecule has 412 valence electrons. The number of methoxy groups -OCH3 is 1. The van der Waals surface area contributed by atoms with E-state index in [1.54, 1.807) is 30.3 Å². The SMILES string of the molecule is CCc1cc2c([nH]1)N1CCNCC1C1(CCC3(CCCC3)C1)c1ccc(c(N=C(N)N)c1)CC(CO)COc1c(OC)c(OCCC(O)C=Cc3ccccc3)c3c(=O)cc(-c4ccc(O)cc4)oc3c1CCc1cccc-2c1. The Kier molecular flexibility index (Phi) is 15.6. The average Bonchev–Trinajstić information content (AvgIpc) is 4.35. The lowest BCUT2D eigenvalue weighted by Crippen LogP contribution is -2.60. The number of aryl methyl sites for hydroxylation is 3. The highest BCUT2D eigenvalue weighted by atomic mass is 16.5. The largest absolute Gasteiger partial charge is 0.508 e. The van der Waals surface area contributed by atoms with Gasteiger partial charge in [0.2, 0.25) is 5.75 Å². The van der Waals surface area contributed by atoms with Gasteiger partial charge in [0.1, 0.15) is 28.3 Å². The number of nitrogens with two attached hydrogens (primary N) is 2. The summed E-state index contributed by atoms with van der Waals surface area (Å²) in [4.78, 5) is 26.2. The molecule has 4 bridgehead atoms. The normalized spacial score (nSPS) is 20.4. The lowest BCUT2D eigenvalue weighted by atomic mass is 9.68. The maximum absolute atomic E-state index is 14.8. The summed E-state index contributed by atoms with van der Waals surface area (Å²) in [5, 5.41) is 36.7. The number of phenols is 1. The molecule has 7 aromatic rings. The van der Waals surface area contributed by atoms with Gasteiger partial charge in [-0.1, -0.05) is 98.6 Å². The molecule has 14 heteroatoms. The monoisotopic (exact) mass is 1070 g/mol. The highest BCUT2D eigenvalue weighted by Crippen LogP contribution is 2.61. The average molecular weight is 1070 g/mol. The summed E-state index contributed by atoms with van der Waals surface area (Å²) in [5.74, 6) is 1.58. The number of nitrogens with one attached hydrogen (secondary N) is 2. The number of ether oxygens (including phenoxy) is 3. The maximum atomic E-state index is 14.8. The van der Waals surface area contributed by atoms with Crippen molar-refractivity contribution < 1.29 is 33.9 Å². The molecule has 2 aromatic heterocycles. The molecule has 9 N–H and O–H groups in total. The molecule has 5 aliphatic rings. The Morgan fingerprint density at radius 3 is 2.53 bits per heavy atom. The number of aromatic hydroxyl groups is 1. The summed E-state index contributed by atoms with van der Waals surface area (Å²) < 4.78 is 26.7. The minimum absolute atomic E-state index is 0.0111. The van der Waals surface area contributed by atoms with E-state index in [0.29, 0.717) is 41.8 Å². The molecule has 4 atom stereocenters. The van der Waals surface area contributed by atoms with Gasteiger partial charge in [0.25, 0.3) is 0 Å². The summed E-state index contributed by atoms with van der Waals surface area (Å²) in [6.07, 6.45) is 13.3. The molecule has 0 radical (unpaired) electrons. The third-order valence-corrected chi connectivity index (χ3v) is 17.4. The van der Waals surface area contributed by atoms with Crippen LogP contribution in [0, 0.1) is 11.3 Å². The Labute approximate surface area is 462 Å². The van der Waals surface area contributed by atoms with Gasteiger partial charge in [0.05, 0.1) is 38.2 Å². The van der Waals surface area contributed by atoms with E-state index in [4.69, 9.17) is 35.1 Å². The second-order valence-electron chi connectivity index (χ2n) is 22.4. The van der Waals surface area contributed by atoms with Crippen molar-refractivity contribution in [2.75, 3.05) is 51.5 Å². The standard InChI is InChI=1S/C65H74N6O8/c1-3-48-35-52-45-13-9-12-42(32-45)15-23-51-58-57(54(75)36-55(79-58)44-17-21-49(73)22-18-44)60(77-31-24-50(74)20-14-41-10-5-4-6-11-41)61(76-2)59(51)78-39-43(38-72)33-46-16-19-47(34-53(46)70-63(66)67)65(28-27-64(40-65)25-7-8-26-64)56-37-68-29-30-71(56)62(52)69-48/h4-6,9-14,16-22,32,34-36,43,50,56,68-69,72-74H,3,7-8,15,23-31,33,37-40H2,1-2H3,(H4,66,67,70). The minimum atomic E-state index is -0.861. The zero-order valence-corrected chi connectivity index (χ0v) is 45.4. The molecule has 4 unspecified atom stereocenters. The van der Waals surface area contributed by atoms with Crippen LogP contribution in [0.4, 0.5) is 11.5 Å². The fourth-order valence-corrected chi connectivity index (χ4v) is 13.4. The number of H-pyrrole nitrogens is 1. The van der Waals surface area contributed by atoms with Crippen molar-refractivity contribution in [3.8, 4) is 45.4 Å². The number of fused-ring (bicyclic) bond motifs is 7. The lowest BCUT2D eigenvalue weighted by molar-refractivity contribution is 0.157. The molecule has 14 nitrogen and oxygen atoms in total. The number of hydrogen-bond acceptors (Lipinski definition) is 11. The number of piperazine rings is 1. The molecule has 0 amide bonds. The van der Waals surface area contributed by atoms with Gasteiger partial charge in [-0.3, -0.25) is 4.79 Å². The number of aliphatic hydroxyl groups excluding tert-OH is 2. The van der Waals surface area contributed by atoms with Gasteiger partial charge in [0, 0.05) is 72.4 Å². The predicted molar refractivity (Wildman–Crippen MR) is 313 cm³/mol. The van der Waals surface area contributed by atoms with Crippen LogP contribution in [0.1, 0.15) is 91.8 Å². The third kappa shape index (κ3) is 11.0. The van der Waals surface area contributed by atoms with E-state index in [1.807, 2.05) is 36.4 Å². The van der Waals surface area contributed by atoms with E-state index in [2.05, 4.69) is 70.7 Å². The molecule has 12 rings (SSSR count). The summed E-state index contributed by atoms with van der Waals surface area (Å²) in [5.41, 5.74) is 21.8. The topological polar surface area (TPSA) is 214 Å². The van der Waals surface area contributed by atoms with Gasteiger partial charge in [-0.2, -0.15) is 0 Å². The first-order chi connectivity index (χ1) is 38.5. The Morgan fingerprint density at radius 1 is 0.937 bits per heavy atom. The number of aromatic nitrogens is 1. The molecule has 3 aliphatic heterocycles. The van der Waals surface area contributed by atoms with Crippen LogP contribution in [0.3, 0.4) is 0 Å². The van der Waals surface area contributed by atoms with Crippen molar-refractivity contribution in [1.82, 2.24) is 10.3 Å². The number of nitrogens with zero attached hydrogens (tertiary/aromatic N) is 2. The number of anilines is 1. The first-order valence-electron chi connectivity index (χ1n) is 28.3. The Hall–Kier alpha value is -7.52. The Balaban J connectivity index is 1.08. The van der Waals surface area contributed by atoms with Crippen LogP contribution in [-0.2, 0) is 31.1 Å². The summed E-state index contributed by atoms with van der Waals surface area (Å²) >= 11 is 0. The van der Waals surface area contributed by atoms with Crippen molar-refractivity contribution in [3.05, 3.63) is 159 Å². The molecule has 5 heterocycles. The van der Waals surface area contributed by atoms with Crippen molar-refractivity contribution in [2.24, 2.45) is 27.8 Å². The van der Waals surface area contributed by atoms with E-state index >= 15 is 0 Å². The van der Waals surface area contributed by atoms with E-state index in [-0.39, 0.29) is 88.5 Å². The van der Waals surface area contributed by atoms with Crippen LogP contribution in [0.5, 0.6) is 23.0 Å². The molecule has 5 aromatic carbocycles. The lowest BCUT2D eigenvalue weighted by Gasteiger charge is -2.49. The molecular weight excluding hydrogens is 993 g/mol. The van der Waals surface area contributed by atoms with E-state index in [0.717, 1.165) is 78.2 Å². The molecular formula is C65H74N6O8. The van der Waals surface area contributed by atoms with Gasteiger partial charge in [-0.05, 0) is 127 Å². The van der Waals surface area contributed by atoms with E-state index < -0.39 is 12.0 Å². The summed E-state index contributed by atoms with van der Waals surface area (Å²) in [6, 6.07) is 35.5. The van der Waals surface area contributed by atoms with Crippen LogP contribution in [0.2, 0.25) is 0 Å². The van der Waals surface area contributed by atoms with Gasteiger partial charge >= 0.3 is 0 Å². The van der Waals surface area contributed by atoms with Crippen molar-refractivity contribution in [2.45, 2.75) is 102 Å². The summed E-state index contributed by atoms with van der Waals surface area (Å²) in [7, 11) is 1.52. The predicted octanol–water partition coefficient (Wildman–Crippen LogP) is 10.3.